The van der Waals surface area contributed by atoms with E-state index in [1.165, 1.54) is 18.3 Å². The maximum atomic E-state index is 13.3. The molecule has 11 nitrogen and oxygen atoms in total. The lowest BCUT2D eigenvalue weighted by Crippen LogP contribution is -2.27. The summed E-state index contributed by atoms with van der Waals surface area (Å²) in [6, 6.07) is 3.65. The van der Waals surface area contributed by atoms with E-state index in [0.717, 1.165) is 6.07 Å². The van der Waals surface area contributed by atoms with Gasteiger partial charge in [-0.15, -0.1) is 0 Å². The van der Waals surface area contributed by atoms with Gasteiger partial charge in [-0.2, -0.15) is 0 Å². The number of nitrogens with one attached hydrogen (secondary N) is 2. The third-order valence-corrected chi connectivity index (χ3v) is 5.38. The van der Waals surface area contributed by atoms with Crippen molar-refractivity contribution >= 4 is 33.1 Å². The Morgan fingerprint density at radius 3 is 2.79 bits per heavy atom. The Kier molecular flexibility index (Phi) is 5.93. The molecule has 2 heterocycles. The summed E-state index contributed by atoms with van der Waals surface area (Å²) in [6.07, 6.45) is 1.36. The van der Waals surface area contributed by atoms with Crippen LogP contribution in [-0.2, 0) is 23.6 Å². The molecular weight excluding hydrogens is 429 g/mol. The highest BCUT2D eigenvalue weighted by Crippen LogP contribution is 2.22. The van der Waals surface area contributed by atoms with E-state index in [1.54, 1.807) is 18.5 Å². The number of nitrogens with zero attached hydrogens (tertiary/aromatic N) is 5. The number of rotatable bonds is 6. The van der Waals surface area contributed by atoms with Crippen LogP contribution in [0.15, 0.2) is 39.0 Å². The van der Waals surface area contributed by atoms with Crippen LogP contribution in [0.1, 0.15) is 17.2 Å². The van der Waals surface area contributed by atoms with Crippen molar-refractivity contribution in [2.45, 2.75) is 18.5 Å². The number of aliphatic imine (C=N–C) groups is 1. The molecule has 3 N–H and O–H groups in total. The van der Waals surface area contributed by atoms with Crippen molar-refractivity contribution < 1.29 is 22.6 Å². The molecule has 2 aromatic heterocycles. The molecule has 0 radical (unpaired) electrons. The van der Waals surface area contributed by atoms with Crippen molar-refractivity contribution in [2.75, 3.05) is 0 Å². The van der Waals surface area contributed by atoms with Crippen LogP contribution in [0, 0.1) is 12.7 Å². The van der Waals surface area contributed by atoms with Crippen LogP contribution in [0.3, 0.4) is 0 Å². The molecule has 3 rings (SSSR count). The first-order chi connectivity index (χ1) is 13.7. The molecule has 0 aliphatic rings. The molecule has 0 fully saturated rings. The maximum absolute atomic E-state index is 13.3. The third-order valence-electron chi connectivity index (χ3n) is 3.82. The monoisotopic (exact) mass is 443 g/mol. The summed E-state index contributed by atoms with van der Waals surface area (Å²) in [7, 11) is -2.26. The van der Waals surface area contributed by atoms with Gasteiger partial charge in [-0.1, -0.05) is 16.8 Å². The summed E-state index contributed by atoms with van der Waals surface area (Å²) in [5, 5.41) is 16.3. The van der Waals surface area contributed by atoms with Gasteiger partial charge in [-0.05, 0) is 30.3 Å². The van der Waals surface area contributed by atoms with Gasteiger partial charge in [0.25, 0.3) is 10.0 Å². The van der Waals surface area contributed by atoms with Crippen molar-refractivity contribution in [2.24, 2.45) is 12.0 Å². The number of aryl methyl sites for hydroxylation is 2. The highest BCUT2D eigenvalue weighted by atomic mass is 35.5. The first kappa shape index (κ1) is 20.9. The molecule has 0 atom stereocenters. The molecule has 1 aromatic carbocycles. The van der Waals surface area contributed by atoms with Crippen LogP contribution in [-0.4, -0.2) is 39.3 Å². The molecule has 0 saturated heterocycles. The van der Waals surface area contributed by atoms with Crippen LogP contribution in [0.5, 0.6) is 0 Å². The zero-order valence-electron chi connectivity index (χ0n) is 15.1. The molecule has 0 saturated carbocycles. The quantitative estimate of drug-likeness (QED) is 0.294. The summed E-state index contributed by atoms with van der Waals surface area (Å²) in [4.78, 5) is 8.01. The average Bonchev–Trinajstić information content (AvgIpc) is 3.28. The van der Waals surface area contributed by atoms with E-state index < -0.39 is 15.8 Å². The van der Waals surface area contributed by atoms with Gasteiger partial charge in [-0.25, -0.2) is 32.1 Å². The van der Waals surface area contributed by atoms with Crippen LogP contribution in [0.25, 0.3) is 0 Å². The number of imidazole rings is 1. The smallest absolute Gasteiger partial charge is 0.259 e. The summed E-state index contributed by atoms with van der Waals surface area (Å²) < 4.78 is 46.6. The molecule has 29 heavy (non-hydrogen) atoms. The van der Waals surface area contributed by atoms with E-state index >= 15 is 0 Å². The first-order valence-electron chi connectivity index (χ1n) is 7.96. The Labute approximate surface area is 169 Å². The maximum Gasteiger partial charge on any atom is 0.259 e. The predicted molar refractivity (Wildman–Crippen MR) is 98.8 cm³/mol. The molecule has 0 aliphatic carbocycles. The molecule has 3 aromatic rings. The Balaban J connectivity index is 1.84. The minimum Gasteiger partial charge on any atom is -0.337 e. The summed E-state index contributed by atoms with van der Waals surface area (Å²) in [5.41, 5.74) is 2.00. The van der Waals surface area contributed by atoms with Crippen LogP contribution < -0.4 is 10.2 Å². The Morgan fingerprint density at radius 2 is 2.17 bits per heavy atom. The molecule has 0 bridgehead atoms. The Morgan fingerprint density at radius 1 is 1.41 bits per heavy atom. The van der Waals surface area contributed by atoms with Crippen molar-refractivity contribution in [3.63, 3.8) is 0 Å². The first-order valence-corrected chi connectivity index (χ1v) is 9.82. The fraction of sp³-hybridized carbons (Fsp3) is 0.200. The van der Waals surface area contributed by atoms with E-state index in [0.29, 0.717) is 5.82 Å². The average molecular weight is 444 g/mol. The molecule has 0 spiro atoms. The number of hydroxylamine groups is 1. The van der Waals surface area contributed by atoms with Crippen molar-refractivity contribution in [1.82, 2.24) is 30.1 Å². The lowest BCUT2D eigenvalue weighted by Gasteiger charge is -2.05. The van der Waals surface area contributed by atoms with Crippen LogP contribution in [0.4, 0.5) is 10.1 Å². The summed E-state index contributed by atoms with van der Waals surface area (Å²) in [6.45, 7) is 1.34. The highest BCUT2D eigenvalue weighted by Gasteiger charge is 2.22. The number of benzene rings is 1. The van der Waals surface area contributed by atoms with Gasteiger partial charge in [0.05, 0.1) is 17.3 Å². The normalized spacial score (nSPS) is 12.4. The summed E-state index contributed by atoms with van der Waals surface area (Å²) in [5.74, 6) is -0.324. The predicted octanol–water partition coefficient (Wildman–Crippen LogP) is 1.44. The van der Waals surface area contributed by atoms with E-state index in [4.69, 9.17) is 11.6 Å². The second-order valence-electron chi connectivity index (χ2n) is 5.79. The lowest BCUT2D eigenvalue weighted by molar-refractivity contribution is 0.234. The molecule has 0 aliphatic heterocycles. The SMILES string of the molecule is Cc1nc(S(=O)(=O)NCc2nonc2C(=Nc2ccc(F)c(Cl)c2)NO)cn1C. The zero-order valence-corrected chi connectivity index (χ0v) is 16.7. The minimum absolute atomic E-state index is 0.0368. The number of halogens is 2. The van der Waals surface area contributed by atoms with Crippen LogP contribution >= 0.6 is 11.6 Å². The fourth-order valence-electron chi connectivity index (χ4n) is 2.21. The largest absolute Gasteiger partial charge is 0.337 e. The minimum atomic E-state index is -3.93. The van der Waals surface area contributed by atoms with E-state index in [2.05, 4.69) is 29.6 Å². The van der Waals surface area contributed by atoms with Gasteiger partial charge in [-0.3, -0.25) is 10.7 Å². The van der Waals surface area contributed by atoms with Gasteiger partial charge >= 0.3 is 0 Å². The number of aromatic nitrogens is 4. The second kappa shape index (κ2) is 8.24. The molecule has 0 amide bonds. The lowest BCUT2D eigenvalue weighted by atomic mass is 10.3. The van der Waals surface area contributed by atoms with Crippen molar-refractivity contribution in [3.05, 3.63) is 52.4 Å². The summed E-state index contributed by atoms with van der Waals surface area (Å²) >= 11 is 5.71. The second-order valence-corrected chi connectivity index (χ2v) is 7.91. The standard InChI is InChI=1S/C15H15ClFN7O4S/c1-8-19-13(7-24(8)2)29(26,27)18-6-12-14(23-28-22-12)15(21-25)20-9-3-4-11(17)10(16)5-9/h3-5,7,18,25H,6H2,1-2H3,(H,20,21). The molecular formula is C15H15ClFN7O4S. The zero-order chi connectivity index (χ0) is 21.2. The molecule has 154 valence electrons. The van der Waals surface area contributed by atoms with E-state index in [-0.39, 0.29) is 39.5 Å². The number of hydrogen-bond acceptors (Lipinski definition) is 8. The fourth-order valence-corrected chi connectivity index (χ4v) is 3.41. The molecule has 14 heteroatoms. The van der Waals surface area contributed by atoms with Gasteiger partial charge in [0.2, 0.25) is 0 Å². The van der Waals surface area contributed by atoms with Crippen molar-refractivity contribution in [3.8, 4) is 0 Å². The van der Waals surface area contributed by atoms with E-state index in [9.17, 15) is 18.0 Å². The molecule has 0 unspecified atom stereocenters. The number of sulfonamides is 1. The van der Waals surface area contributed by atoms with Gasteiger partial charge in [0, 0.05) is 13.2 Å². The van der Waals surface area contributed by atoms with Crippen LogP contribution in [0.2, 0.25) is 5.02 Å². The van der Waals surface area contributed by atoms with Gasteiger partial charge in [0.1, 0.15) is 17.3 Å². The highest BCUT2D eigenvalue weighted by molar-refractivity contribution is 7.89. The number of hydrogen-bond donors (Lipinski definition) is 3. The van der Waals surface area contributed by atoms with Crippen molar-refractivity contribution in [1.29, 1.82) is 0 Å². The van der Waals surface area contributed by atoms with E-state index in [1.807, 2.05) is 5.48 Å². The third kappa shape index (κ3) is 4.59. The number of amidine groups is 1. The Bertz CT molecular complexity index is 1160. The van der Waals surface area contributed by atoms with Gasteiger partial charge < -0.3 is 4.57 Å². The topological polar surface area (TPSA) is 148 Å². The Hall–Kier alpha value is -2.87. The van der Waals surface area contributed by atoms with Gasteiger partial charge in [0.15, 0.2) is 16.6 Å².